The summed E-state index contributed by atoms with van der Waals surface area (Å²) in [5.41, 5.74) is 0.495. The van der Waals surface area contributed by atoms with Crippen molar-refractivity contribution in [3.05, 3.63) is 0 Å². The lowest BCUT2D eigenvalue weighted by molar-refractivity contribution is 0.109. The topological polar surface area (TPSA) is 0 Å². The Bertz CT molecular complexity index is 153. The maximum atomic E-state index is 2.46. The molecular weight excluding hydrogens is 188 g/mol. The molecule has 0 rings (SSSR count). The second-order valence-corrected chi connectivity index (χ2v) is 6.13. The van der Waals surface area contributed by atoms with E-state index in [1.165, 1.54) is 12.2 Å². The standard InChI is InChI=1S/C13H28S/c1-8-11(4)12(5)13(6,9-14-7)10(2)3/h10-12H,8-9H2,1-7H3/t11-,12-,13-/m0/s1. The fourth-order valence-corrected chi connectivity index (χ4v) is 3.36. The Balaban J connectivity index is 4.63. The van der Waals surface area contributed by atoms with E-state index in [0.717, 1.165) is 17.8 Å². The largest absolute Gasteiger partial charge is 0.165 e. The molecule has 0 fully saturated rings. The van der Waals surface area contributed by atoms with E-state index in [-0.39, 0.29) is 0 Å². The predicted octanol–water partition coefficient (Wildman–Crippen LogP) is 4.69. The Labute approximate surface area is 95.2 Å². The highest BCUT2D eigenvalue weighted by atomic mass is 32.2. The Kier molecular flexibility index (Phi) is 6.20. The first-order valence-electron chi connectivity index (χ1n) is 5.89. The third-order valence-corrected chi connectivity index (χ3v) is 5.22. The summed E-state index contributed by atoms with van der Waals surface area (Å²) < 4.78 is 0. The second-order valence-electron chi connectivity index (χ2n) is 5.27. The van der Waals surface area contributed by atoms with Gasteiger partial charge in [-0.05, 0) is 35.2 Å². The fraction of sp³-hybridized carbons (Fsp3) is 1.00. The number of rotatable bonds is 6. The summed E-state index contributed by atoms with van der Waals surface area (Å²) in [6, 6.07) is 0. The van der Waals surface area contributed by atoms with Gasteiger partial charge in [-0.3, -0.25) is 0 Å². The minimum absolute atomic E-state index is 0.495. The van der Waals surface area contributed by atoms with Gasteiger partial charge in [0.2, 0.25) is 0 Å². The first-order valence-corrected chi connectivity index (χ1v) is 7.28. The van der Waals surface area contributed by atoms with E-state index in [1.54, 1.807) is 0 Å². The Hall–Kier alpha value is 0.350. The van der Waals surface area contributed by atoms with Crippen molar-refractivity contribution in [3.63, 3.8) is 0 Å². The molecule has 0 saturated carbocycles. The van der Waals surface area contributed by atoms with Crippen molar-refractivity contribution in [2.45, 2.75) is 48.0 Å². The zero-order chi connectivity index (χ0) is 11.4. The van der Waals surface area contributed by atoms with Crippen molar-refractivity contribution in [1.29, 1.82) is 0 Å². The van der Waals surface area contributed by atoms with E-state index in [1.807, 2.05) is 11.8 Å². The van der Waals surface area contributed by atoms with E-state index in [0.29, 0.717) is 5.41 Å². The van der Waals surface area contributed by atoms with Gasteiger partial charge in [-0.2, -0.15) is 11.8 Å². The smallest absolute Gasteiger partial charge is 0.00111 e. The monoisotopic (exact) mass is 216 g/mol. The molecule has 0 amide bonds. The second kappa shape index (κ2) is 6.05. The van der Waals surface area contributed by atoms with E-state index >= 15 is 0 Å². The van der Waals surface area contributed by atoms with E-state index in [9.17, 15) is 0 Å². The molecule has 0 aliphatic heterocycles. The van der Waals surface area contributed by atoms with Gasteiger partial charge in [0.05, 0.1) is 0 Å². The molecule has 0 radical (unpaired) electrons. The molecule has 0 heterocycles. The highest BCUT2D eigenvalue weighted by Crippen LogP contribution is 2.42. The van der Waals surface area contributed by atoms with Crippen molar-refractivity contribution >= 4 is 11.8 Å². The van der Waals surface area contributed by atoms with Crippen molar-refractivity contribution < 1.29 is 0 Å². The molecule has 14 heavy (non-hydrogen) atoms. The first kappa shape index (κ1) is 14.3. The maximum Gasteiger partial charge on any atom is -0.00111 e. The number of thioether (sulfide) groups is 1. The van der Waals surface area contributed by atoms with Crippen LogP contribution < -0.4 is 0 Å². The van der Waals surface area contributed by atoms with Crippen LogP contribution in [0.3, 0.4) is 0 Å². The summed E-state index contributed by atoms with van der Waals surface area (Å²) in [4.78, 5) is 0. The summed E-state index contributed by atoms with van der Waals surface area (Å²) in [5.74, 6) is 3.73. The lowest BCUT2D eigenvalue weighted by Crippen LogP contribution is -2.37. The SMILES string of the molecule is CC[C@H](C)[C@H](C)[C@@](C)(CSC)C(C)C. The Morgan fingerprint density at radius 3 is 1.93 bits per heavy atom. The molecule has 3 atom stereocenters. The van der Waals surface area contributed by atoms with Gasteiger partial charge in [0.25, 0.3) is 0 Å². The summed E-state index contributed by atoms with van der Waals surface area (Å²) in [6.45, 7) is 14.3. The van der Waals surface area contributed by atoms with Gasteiger partial charge in [0.15, 0.2) is 0 Å². The molecule has 0 aliphatic rings. The predicted molar refractivity (Wildman–Crippen MR) is 69.9 cm³/mol. The van der Waals surface area contributed by atoms with E-state index in [4.69, 9.17) is 0 Å². The summed E-state index contributed by atoms with van der Waals surface area (Å²) in [6.07, 6.45) is 3.53. The van der Waals surface area contributed by atoms with Crippen LogP contribution in [0.5, 0.6) is 0 Å². The van der Waals surface area contributed by atoms with Gasteiger partial charge in [0, 0.05) is 0 Å². The molecule has 0 aromatic heterocycles. The number of hydrogen-bond donors (Lipinski definition) is 0. The highest BCUT2D eigenvalue weighted by molar-refractivity contribution is 7.98. The third kappa shape index (κ3) is 3.18. The third-order valence-electron chi connectivity index (χ3n) is 4.31. The lowest BCUT2D eigenvalue weighted by Gasteiger charge is -2.42. The average Bonchev–Trinajstić information content (AvgIpc) is 2.15. The summed E-state index contributed by atoms with van der Waals surface area (Å²) >= 11 is 1.99. The average molecular weight is 216 g/mol. The molecule has 0 N–H and O–H groups in total. The quantitative estimate of drug-likeness (QED) is 0.620. The van der Waals surface area contributed by atoms with Gasteiger partial charge in [0.1, 0.15) is 0 Å². The zero-order valence-corrected chi connectivity index (χ0v) is 11.9. The summed E-state index contributed by atoms with van der Waals surface area (Å²) in [7, 11) is 0. The molecule has 86 valence electrons. The van der Waals surface area contributed by atoms with Crippen LogP contribution in [0.15, 0.2) is 0 Å². The van der Waals surface area contributed by atoms with E-state index < -0.39 is 0 Å². The molecular formula is C13H28S. The van der Waals surface area contributed by atoms with Crippen molar-refractivity contribution in [2.75, 3.05) is 12.0 Å². The zero-order valence-electron chi connectivity index (χ0n) is 11.1. The van der Waals surface area contributed by atoms with Crippen molar-refractivity contribution in [3.8, 4) is 0 Å². The van der Waals surface area contributed by atoms with Gasteiger partial charge < -0.3 is 0 Å². The van der Waals surface area contributed by atoms with Gasteiger partial charge >= 0.3 is 0 Å². The van der Waals surface area contributed by atoms with Crippen LogP contribution in [-0.2, 0) is 0 Å². The van der Waals surface area contributed by atoms with Gasteiger partial charge in [-0.25, -0.2) is 0 Å². The van der Waals surface area contributed by atoms with Crippen LogP contribution in [-0.4, -0.2) is 12.0 Å². The molecule has 1 heteroatoms. The fourth-order valence-electron chi connectivity index (χ4n) is 2.14. The molecule has 0 bridgehead atoms. The van der Waals surface area contributed by atoms with Crippen LogP contribution in [0.4, 0.5) is 0 Å². The van der Waals surface area contributed by atoms with Gasteiger partial charge in [-0.15, -0.1) is 0 Å². The van der Waals surface area contributed by atoms with Crippen LogP contribution in [0.25, 0.3) is 0 Å². The molecule has 0 saturated heterocycles. The maximum absolute atomic E-state index is 2.46. The van der Waals surface area contributed by atoms with Crippen LogP contribution in [0.1, 0.15) is 48.0 Å². The number of hydrogen-bond acceptors (Lipinski definition) is 1. The lowest BCUT2D eigenvalue weighted by atomic mass is 9.66. The minimum Gasteiger partial charge on any atom is -0.165 e. The molecule has 0 aromatic rings. The first-order chi connectivity index (χ1) is 6.40. The molecule has 0 unspecified atom stereocenters. The summed E-state index contributed by atoms with van der Waals surface area (Å²) in [5, 5.41) is 0. The minimum atomic E-state index is 0.495. The van der Waals surface area contributed by atoms with E-state index in [2.05, 4.69) is 47.8 Å². The van der Waals surface area contributed by atoms with Gasteiger partial charge in [-0.1, -0.05) is 48.0 Å². The van der Waals surface area contributed by atoms with Crippen LogP contribution in [0.2, 0.25) is 0 Å². The van der Waals surface area contributed by atoms with Crippen LogP contribution in [0, 0.1) is 23.2 Å². The van der Waals surface area contributed by atoms with Crippen molar-refractivity contribution in [1.82, 2.24) is 0 Å². The molecule has 0 spiro atoms. The Morgan fingerprint density at radius 2 is 1.64 bits per heavy atom. The normalized spacial score (nSPS) is 20.6. The van der Waals surface area contributed by atoms with Crippen LogP contribution >= 0.6 is 11.8 Å². The molecule has 0 nitrogen and oxygen atoms in total. The Morgan fingerprint density at radius 1 is 1.14 bits per heavy atom. The van der Waals surface area contributed by atoms with Crippen molar-refractivity contribution in [2.24, 2.45) is 23.2 Å². The molecule has 0 aliphatic carbocycles. The highest BCUT2D eigenvalue weighted by Gasteiger charge is 2.36. The molecule has 0 aromatic carbocycles.